The Morgan fingerprint density at radius 1 is 1.21 bits per heavy atom. The number of hydrogen-bond donors (Lipinski definition) is 1. The second-order valence-corrected chi connectivity index (χ2v) is 7.19. The number of benzene rings is 1. The molecule has 0 aliphatic rings. The first kappa shape index (κ1) is 16.3. The number of hydrogen-bond acceptors (Lipinski definition) is 5. The molecule has 0 radical (unpaired) electrons. The van der Waals surface area contributed by atoms with Gasteiger partial charge < -0.3 is 4.74 Å². The van der Waals surface area contributed by atoms with Gasteiger partial charge in [-0.15, -0.1) is 0 Å². The fourth-order valence-electron chi connectivity index (χ4n) is 2.62. The second kappa shape index (κ2) is 5.79. The zero-order valence-electron chi connectivity index (χ0n) is 13.9. The van der Waals surface area contributed by atoms with E-state index in [1.54, 1.807) is 36.9 Å². The van der Waals surface area contributed by atoms with E-state index in [4.69, 9.17) is 4.74 Å². The van der Waals surface area contributed by atoms with E-state index >= 15 is 0 Å². The van der Waals surface area contributed by atoms with Crippen LogP contribution in [0.1, 0.15) is 11.3 Å². The Bertz CT molecular complexity index is 1030. The number of rotatable bonds is 4. The molecular formula is C16H18N4O3S. The molecule has 0 fully saturated rings. The maximum atomic E-state index is 12.6. The van der Waals surface area contributed by atoms with Crippen molar-refractivity contribution in [1.29, 1.82) is 0 Å². The van der Waals surface area contributed by atoms with Gasteiger partial charge in [-0.2, -0.15) is 5.10 Å². The van der Waals surface area contributed by atoms with Crippen molar-refractivity contribution in [2.45, 2.75) is 18.7 Å². The summed E-state index contributed by atoms with van der Waals surface area (Å²) >= 11 is 0. The number of aromatic nitrogens is 3. The van der Waals surface area contributed by atoms with Crippen LogP contribution in [0, 0.1) is 13.8 Å². The lowest BCUT2D eigenvalue weighted by atomic mass is 10.2. The third-order valence-corrected chi connectivity index (χ3v) is 5.33. The van der Waals surface area contributed by atoms with Crippen LogP contribution in [0.5, 0.6) is 5.75 Å². The molecule has 0 saturated carbocycles. The minimum atomic E-state index is -3.72. The van der Waals surface area contributed by atoms with Crippen LogP contribution in [0.25, 0.3) is 11.0 Å². The van der Waals surface area contributed by atoms with Crippen molar-refractivity contribution in [3.63, 3.8) is 0 Å². The Labute approximate surface area is 140 Å². The van der Waals surface area contributed by atoms with Gasteiger partial charge in [0.25, 0.3) is 10.0 Å². The summed E-state index contributed by atoms with van der Waals surface area (Å²) in [7, 11) is -0.378. The lowest BCUT2D eigenvalue weighted by Gasteiger charge is -2.11. The summed E-state index contributed by atoms with van der Waals surface area (Å²) in [5.41, 5.74) is 2.50. The lowest BCUT2D eigenvalue weighted by molar-refractivity contribution is 0.414. The van der Waals surface area contributed by atoms with Crippen molar-refractivity contribution in [3.05, 3.63) is 41.7 Å². The summed E-state index contributed by atoms with van der Waals surface area (Å²) in [6.07, 6.45) is 1.49. The minimum absolute atomic E-state index is 0.200. The van der Waals surface area contributed by atoms with E-state index in [9.17, 15) is 8.42 Å². The molecule has 2 aromatic heterocycles. The SMILES string of the molecule is COc1ccc(S(=O)(=O)Nc2cnc3c(c2)c(C)nn3C)c(C)c1. The molecular weight excluding hydrogens is 328 g/mol. The van der Waals surface area contributed by atoms with E-state index in [1.165, 1.54) is 19.4 Å². The van der Waals surface area contributed by atoms with Gasteiger partial charge in [0.2, 0.25) is 0 Å². The number of methoxy groups -OCH3 is 1. The van der Waals surface area contributed by atoms with Gasteiger partial charge >= 0.3 is 0 Å². The molecule has 126 valence electrons. The largest absolute Gasteiger partial charge is 0.497 e. The van der Waals surface area contributed by atoms with E-state index in [-0.39, 0.29) is 4.90 Å². The number of fused-ring (bicyclic) bond motifs is 1. The molecule has 0 aliphatic heterocycles. The molecule has 7 nitrogen and oxygen atoms in total. The third-order valence-electron chi connectivity index (χ3n) is 3.79. The first-order valence-electron chi connectivity index (χ1n) is 7.28. The first-order valence-corrected chi connectivity index (χ1v) is 8.77. The highest BCUT2D eigenvalue weighted by molar-refractivity contribution is 7.92. The third kappa shape index (κ3) is 2.80. The summed E-state index contributed by atoms with van der Waals surface area (Å²) < 4.78 is 34.6. The van der Waals surface area contributed by atoms with Gasteiger partial charge in [-0.25, -0.2) is 13.4 Å². The van der Waals surface area contributed by atoms with E-state index in [2.05, 4.69) is 14.8 Å². The number of ether oxygens (including phenoxy) is 1. The molecule has 1 aromatic carbocycles. The predicted octanol–water partition coefficient (Wildman–Crippen LogP) is 2.39. The smallest absolute Gasteiger partial charge is 0.262 e. The monoisotopic (exact) mass is 346 g/mol. The van der Waals surface area contributed by atoms with Crippen LogP contribution >= 0.6 is 0 Å². The number of aryl methyl sites for hydroxylation is 3. The van der Waals surface area contributed by atoms with Crippen LogP contribution in [0.2, 0.25) is 0 Å². The predicted molar refractivity (Wildman–Crippen MR) is 91.8 cm³/mol. The van der Waals surface area contributed by atoms with Crippen molar-refractivity contribution in [2.24, 2.45) is 7.05 Å². The molecule has 8 heteroatoms. The number of nitrogens with zero attached hydrogens (tertiary/aromatic N) is 3. The summed E-state index contributed by atoms with van der Waals surface area (Å²) in [5, 5.41) is 5.09. The molecule has 2 heterocycles. The average Bonchev–Trinajstić information content (AvgIpc) is 2.80. The van der Waals surface area contributed by atoms with Crippen LogP contribution in [-0.4, -0.2) is 30.3 Å². The molecule has 0 spiro atoms. The summed E-state index contributed by atoms with van der Waals surface area (Å²) in [6, 6.07) is 6.56. The molecule has 3 aromatic rings. The zero-order valence-corrected chi connectivity index (χ0v) is 14.7. The van der Waals surface area contributed by atoms with Gasteiger partial charge in [0.15, 0.2) is 5.65 Å². The number of sulfonamides is 1. The number of anilines is 1. The normalized spacial score (nSPS) is 11.7. The summed E-state index contributed by atoms with van der Waals surface area (Å²) in [6.45, 7) is 3.58. The van der Waals surface area contributed by atoms with Crippen molar-refractivity contribution >= 4 is 26.7 Å². The van der Waals surface area contributed by atoms with Gasteiger partial charge in [0.1, 0.15) is 5.75 Å². The molecule has 0 saturated heterocycles. The van der Waals surface area contributed by atoms with Crippen molar-refractivity contribution in [2.75, 3.05) is 11.8 Å². The Morgan fingerprint density at radius 2 is 1.96 bits per heavy atom. The standard InChI is InChI=1S/C16H18N4O3S/c1-10-7-13(23-4)5-6-15(10)24(21,22)19-12-8-14-11(2)18-20(3)16(14)17-9-12/h5-9,19H,1-4H3. The fourth-order valence-corrected chi connectivity index (χ4v) is 3.89. The van der Waals surface area contributed by atoms with E-state index in [0.717, 1.165) is 11.1 Å². The molecule has 0 bridgehead atoms. The van der Waals surface area contributed by atoms with Crippen LogP contribution in [0.4, 0.5) is 5.69 Å². The van der Waals surface area contributed by atoms with Crippen molar-refractivity contribution in [1.82, 2.24) is 14.8 Å². The Balaban J connectivity index is 1.99. The fraction of sp³-hybridized carbons (Fsp3) is 0.250. The van der Waals surface area contributed by atoms with Gasteiger partial charge in [-0.1, -0.05) is 0 Å². The van der Waals surface area contributed by atoms with Gasteiger partial charge in [0, 0.05) is 12.4 Å². The first-order chi connectivity index (χ1) is 11.3. The van der Waals surface area contributed by atoms with Crippen LogP contribution in [0.3, 0.4) is 0 Å². The topological polar surface area (TPSA) is 86.1 Å². The summed E-state index contributed by atoms with van der Waals surface area (Å²) in [5.74, 6) is 0.612. The highest BCUT2D eigenvalue weighted by atomic mass is 32.2. The minimum Gasteiger partial charge on any atom is -0.497 e. The number of pyridine rings is 1. The van der Waals surface area contributed by atoms with Gasteiger partial charge in [-0.3, -0.25) is 9.40 Å². The number of nitrogens with one attached hydrogen (secondary N) is 1. The average molecular weight is 346 g/mol. The Morgan fingerprint density at radius 3 is 2.62 bits per heavy atom. The van der Waals surface area contributed by atoms with Gasteiger partial charge in [0.05, 0.1) is 29.6 Å². The molecule has 3 rings (SSSR count). The highest BCUT2D eigenvalue weighted by Gasteiger charge is 2.18. The molecule has 0 atom stereocenters. The Kier molecular flexibility index (Phi) is 3.92. The summed E-state index contributed by atoms with van der Waals surface area (Å²) in [4.78, 5) is 4.48. The molecule has 0 aliphatic carbocycles. The quantitative estimate of drug-likeness (QED) is 0.784. The van der Waals surface area contributed by atoms with Gasteiger partial charge in [-0.05, 0) is 43.7 Å². The second-order valence-electron chi connectivity index (χ2n) is 5.54. The lowest BCUT2D eigenvalue weighted by Crippen LogP contribution is -2.14. The van der Waals surface area contributed by atoms with Crippen molar-refractivity contribution < 1.29 is 13.2 Å². The van der Waals surface area contributed by atoms with Crippen LogP contribution in [0.15, 0.2) is 35.4 Å². The molecule has 24 heavy (non-hydrogen) atoms. The van der Waals surface area contributed by atoms with Crippen LogP contribution < -0.4 is 9.46 Å². The maximum Gasteiger partial charge on any atom is 0.262 e. The van der Waals surface area contributed by atoms with Crippen LogP contribution in [-0.2, 0) is 17.1 Å². The molecule has 1 N–H and O–H groups in total. The van der Waals surface area contributed by atoms with E-state index in [1.807, 2.05) is 6.92 Å². The van der Waals surface area contributed by atoms with E-state index in [0.29, 0.717) is 22.6 Å². The Hall–Kier alpha value is -2.61. The van der Waals surface area contributed by atoms with Crippen molar-refractivity contribution in [3.8, 4) is 5.75 Å². The highest BCUT2D eigenvalue weighted by Crippen LogP contribution is 2.25. The molecule has 0 unspecified atom stereocenters. The molecule has 0 amide bonds. The zero-order chi connectivity index (χ0) is 17.5. The van der Waals surface area contributed by atoms with E-state index < -0.39 is 10.0 Å². The maximum absolute atomic E-state index is 12.6.